The normalized spacial score (nSPS) is 10.4. The van der Waals surface area contributed by atoms with Crippen molar-refractivity contribution in [2.24, 2.45) is 0 Å². The lowest BCUT2D eigenvalue weighted by Gasteiger charge is -2.07. The van der Waals surface area contributed by atoms with E-state index in [2.05, 4.69) is 10.5 Å². The van der Waals surface area contributed by atoms with Gasteiger partial charge in [-0.15, -0.1) is 0 Å². The third kappa shape index (κ3) is 3.78. The lowest BCUT2D eigenvalue weighted by molar-refractivity contribution is -0.119. The minimum Gasteiger partial charge on any atom is -0.452 e. The van der Waals surface area contributed by atoms with Gasteiger partial charge in [0.15, 0.2) is 6.61 Å². The van der Waals surface area contributed by atoms with E-state index in [-0.39, 0.29) is 5.56 Å². The Morgan fingerprint density at radius 1 is 1.27 bits per heavy atom. The molecule has 2 rings (SSSR count). The number of aromatic nitrogens is 1. The van der Waals surface area contributed by atoms with Crippen LogP contribution in [0.2, 0.25) is 10.0 Å². The molecule has 8 heteroatoms. The van der Waals surface area contributed by atoms with E-state index in [0.29, 0.717) is 27.2 Å². The molecule has 2 aromatic rings. The van der Waals surface area contributed by atoms with Crippen LogP contribution in [0, 0.1) is 13.8 Å². The second kappa shape index (κ2) is 6.81. The summed E-state index contributed by atoms with van der Waals surface area (Å²) in [7, 11) is 0. The number of anilines is 1. The molecule has 0 fully saturated rings. The van der Waals surface area contributed by atoms with Crippen LogP contribution in [0.1, 0.15) is 21.8 Å². The van der Waals surface area contributed by atoms with E-state index < -0.39 is 18.5 Å². The summed E-state index contributed by atoms with van der Waals surface area (Å²) in [6.45, 7) is 2.76. The van der Waals surface area contributed by atoms with Crippen LogP contribution in [0.15, 0.2) is 22.7 Å². The fraction of sp³-hybridized carbons (Fsp3) is 0.214. The van der Waals surface area contributed by atoms with Crippen molar-refractivity contribution >= 4 is 40.8 Å². The van der Waals surface area contributed by atoms with Gasteiger partial charge in [-0.3, -0.25) is 4.79 Å². The zero-order chi connectivity index (χ0) is 16.3. The quantitative estimate of drug-likeness (QED) is 0.861. The van der Waals surface area contributed by atoms with Crippen LogP contribution in [0.5, 0.6) is 0 Å². The van der Waals surface area contributed by atoms with Crippen molar-refractivity contribution in [3.63, 3.8) is 0 Å². The van der Waals surface area contributed by atoms with Crippen LogP contribution in [0.25, 0.3) is 0 Å². The summed E-state index contributed by atoms with van der Waals surface area (Å²) in [6, 6.07) is 4.63. The topological polar surface area (TPSA) is 81.4 Å². The number of halogens is 2. The Hall–Kier alpha value is -2.05. The van der Waals surface area contributed by atoms with Gasteiger partial charge >= 0.3 is 5.97 Å². The van der Waals surface area contributed by atoms with Gasteiger partial charge in [0.05, 0.1) is 15.7 Å². The fourth-order valence-corrected chi connectivity index (χ4v) is 2.05. The highest BCUT2D eigenvalue weighted by Crippen LogP contribution is 2.24. The third-order valence-electron chi connectivity index (χ3n) is 2.78. The number of rotatable bonds is 4. The maximum absolute atomic E-state index is 11.9. The molecule has 1 heterocycles. The SMILES string of the molecule is Cc1noc(C)c1C(=O)OCC(=O)Nc1ccc(Cl)c(Cl)c1. The van der Waals surface area contributed by atoms with Gasteiger partial charge in [0.25, 0.3) is 5.91 Å². The molecule has 0 aliphatic heterocycles. The molecule has 0 aliphatic carbocycles. The van der Waals surface area contributed by atoms with Crippen molar-refractivity contribution in [3.05, 3.63) is 45.3 Å². The predicted octanol–water partition coefficient (Wildman–Crippen LogP) is 3.39. The van der Waals surface area contributed by atoms with Gasteiger partial charge in [-0.25, -0.2) is 4.79 Å². The second-order valence-corrected chi connectivity index (χ2v) is 5.27. The van der Waals surface area contributed by atoms with Crippen molar-refractivity contribution < 1.29 is 18.8 Å². The molecule has 22 heavy (non-hydrogen) atoms. The zero-order valence-corrected chi connectivity index (χ0v) is 13.3. The van der Waals surface area contributed by atoms with E-state index in [1.165, 1.54) is 6.07 Å². The van der Waals surface area contributed by atoms with Gasteiger partial charge in [0.1, 0.15) is 11.3 Å². The molecule has 1 aromatic heterocycles. The Labute approximate surface area is 136 Å². The van der Waals surface area contributed by atoms with Crippen LogP contribution in [-0.2, 0) is 9.53 Å². The number of hydrogen-bond donors (Lipinski definition) is 1. The number of ether oxygens (including phenoxy) is 1. The van der Waals surface area contributed by atoms with Crippen LogP contribution < -0.4 is 5.32 Å². The summed E-state index contributed by atoms with van der Waals surface area (Å²) >= 11 is 11.6. The molecule has 0 bridgehead atoms. The highest BCUT2D eigenvalue weighted by molar-refractivity contribution is 6.42. The summed E-state index contributed by atoms with van der Waals surface area (Å²) in [6.07, 6.45) is 0. The van der Waals surface area contributed by atoms with Gasteiger partial charge < -0.3 is 14.6 Å². The smallest absolute Gasteiger partial charge is 0.344 e. The molecule has 0 spiro atoms. The van der Waals surface area contributed by atoms with E-state index >= 15 is 0 Å². The first-order valence-electron chi connectivity index (χ1n) is 6.23. The summed E-state index contributed by atoms with van der Waals surface area (Å²) in [5, 5.41) is 6.88. The van der Waals surface area contributed by atoms with E-state index in [1.54, 1.807) is 26.0 Å². The molecule has 1 amide bonds. The first kappa shape index (κ1) is 16.3. The van der Waals surface area contributed by atoms with Crippen molar-refractivity contribution in [2.75, 3.05) is 11.9 Å². The van der Waals surface area contributed by atoms with Crippen LogP contribution in [0.4, 0.5) is 5.69 Å². The molecule has 116 valence electrons. The fourth-order valence-electron chi connectivity index (χ4n) is 1.75. The Bertz CT molecular complexity index is 708. The van der Waals surface area contributed by atoms with Crippen molar-refractivity contribution in [2.45, 2.75) is 13.8 Å². The molecule has 1 aromatic carbocycles. The Balaban J connectivity index is 1.93. The van der Waals surface area contributed by atoms with Gasteiger partial charge in [-0.2, -0.15) is 0 Å². The predicted molar refractivity (Wildman–Crippen MR) is 81.4 cm³/mol. The summed E-state index contributed by atoms with van der Waals surface area (Å²) < 4.78 is 9.79. The van der Waals surface area contributed by atoms with Gasteiger partial charge in [-0.1, -0.05) is 28.4 Å². The van der Waals surface area contributed by atoms with Crippen LogP contribution >= 0.6 is 23.2 Å². The maximum atomic E-state index is 11.9. The highest BCUT2D eigenvalue weighted by atomic mass is 35.5. The highest BCUT2D eigenvalue weighted by Gasteiger charge is 2.19. The first-order valence-corrected chi connectivity index (χ1v) is 6.99. The van der Waals surface area contributed by atoms with Crippen molar-refractivity contribution in [3.8, 4) is 0 Å². The third-order valence-corrected chi connectivity index (χ3v) is 3.51. The second-order valence-electron chi connectivity index (χ2n) is 4.45. The molecule has 6 nitrogen and oxygen atoms in total. The Morgan fingerprint density at radius 3 is 2.59 bits per heavy atom. The first-order chi connectivity index (χ1) is 10.4. The molecule has 0 unspecified atom stereocenters. The lowest BCUT2D eigenvalue weighted by atomic mass is 10.2. The van der Waals surface area contributed by atoms with Gasteiger partial charge in [0, 0.05) is 5.69 Å². The number of aryl methyl sites for hydroxylation is 2. The number of carbonyl (C=O) groups excluding carboxylic acids is 2. The van der Waals surface area contributed by atoms with E-state index in [0.717, 1.165) is 0 Å². The Morgan fingerprint density at radius 2 is 2.00 bits per heavy atom. The van der Waals surface area contributed by atoms with Gasteiger partial charge in [-0.05, 0) is 32.0 Å². The number of nitrogens with one attached hydrogen (secondary N) is 1. The van der Waals surface area contributed by atoms with Crippen molar-refractivity contribution in [1.82, 2.24) is 5.16 Å². The number of amides is 1. The average molecular weight is 343 g/mol. The van der Waals surface area contributed by atoms with Crippen LogP contribution in [-0.4, -0.2) is 23.6 Å². The molecule has 0 saturated heterocycles. The number of carbonyl (C=O) groups is 2. The lowest BCUT2D eigenvalue weighted by Crippen LogP contribution is -2.21. The number of esters is 1. The summed E-state index contributed by atoms with van der Waals surface area (Å²) in [4.78, 5) is 23.6. The van der Waals surface area contributed by atoms with E-state index in [1.807, 2.05) is 0 Å². The molecule has 0 atom stereocenters. The summed E-state index contributed by atoms with van der Waals surface area (Å²) in [5.41, 5.74) is 1.09. The Kier molecular flexibility index (Phi) is 5.05. The minimum absolute atomic E-state index is 0.224. The van der Waals surface area contributed by atoms with Crippen LogP contribution in [0.3, 0.4) is 0 Å². The molecule has 1 N–H and O–H groups in total. The number of nitrogens with zero attached hydrogens (tertiary/aromatic N) is 1. The standard InChI is InChI=1S/C14H12Cl2N2O4/c1-7-13(8(2)22-18-7)14(20)21-6-12(19)17-9-3-4-10(15)11(16)5-9/h3-5H,6H2,1-2H3,(H,17,19). The number of benzene rings is 1. The minimum atomic E-state index is -0.666. The molecule has 0 aliphatic rings. The van der Waals surface area contributed by atoms with E-state index in [4.69, 9.17) is 32.5 Å². The molecule has 0 radical (unpaired) electrons. The number of hydrogen-bond acceptors (Lipinski definition) is 5. The zero-order valence-electron chi connectivity index (χ0n) is 11.8. The summed E-state index contributed by atoms with van der Waals surface area (Å²) in [5.74, 6) is -0.827. The maximum Gasteiger partial charge on any atom is 0.344 e. The average Bonchev–Trinajstić information content (AvgIpc) is 2.80. The largest absolute Gasteiger partial charge is 0.452 e. The molecular formula is C14H12Cl2N2O4. The monoisotopic (exact) mass is 342 g/mol. The molecule has 0 saturated carbocycles. The van der Waals surface area contributed by atoms with E-state index in [9.17, 15) is 9.59 Å². The van der Waals surface area contributed by atoms with Crippen molar-refractivity contribution in [1.29, 1.82) is 0 Å². The van der Waals surface area contributed by atoms with Gasteiger partial charge in [0.2, 0.25) is 0 Å². The molecular weight excluding hydrogens is 331 g/mol.